The summed E-state index contributed by atoms with van der Waals surface area (Å²) >= 11 is 7.59. The molecule has 2 rings (SSSR count). The number of carboxylic acids is 1. The van der Waals surface area contributed by atoms with E-state index in [9.17, 15) is 4.79 Å². The second-order valence-corrected chi connectivity index (χ2v) is 5.46. The molecule has 0 unspecified atom stereocenters. The monoisotopic (exact) mass is 308 g/mol. The Morgan fingerprint density at radius 1 is 1.30 bits per heavy atom. The summed E-state index contributed by atoms with van der Waals surface area (Å²) in [5, 5.41) is 11.2. The minimum Gasteiger partial charge on any atom is -0.478 e. The summed E-state index contributed by atoms with van der Waals surface area (Å²) < 4.78 is 5.64. The number of carbonyl (C=O) groups is 1. The third-order valence-corrected chi connectivity index (χ3v) is 3.91. The highest BCUT2D eigenvalue weighted by atomic mass is 35.5. The molecule has 3 nitrogen and oxygen atoms in total. The first-order chi connectivity index (χ1) is 9.66. The van der Waals surface area contributed by atoms with Gasteiger partial charge in [-0.3, -0.25) is 0 Å². The van der Waals surface area contributed by atoms with Crippen molar-refractivity contribution in [3.05, 3.63) is 62.8 Å². The lowest BCUT2D eigenvalue weighted by Crippen LogP contribution is -1.94. The number of hydrogen-bond donors (Lipinski definition) is 1. The van der Waals surface area contributed by atoms with Gasteiger partial charge in [-0.1, -0.05) is 29.8 Å². The van der Waals surface area contributed by atoms with Crippen LogP contribution in [0.2, 0.25) is 5.02 Å². The summed E-state index contributed by atoms with van der Waals surface area (Å²) in [6.45, 7) is 0.863. The molecule has 0 aliphatic carbocycles. The van der Waals surface area contributed by atoms with E-state index in [4.69, 9.17) is 21.4 Å². The van der Waals surface area contributed by atoms with Crippen LogP contribution < -0.4 is 0 Å². The first-order valence-electron chi connectivity index (χ1n) is 5.95. The highest BCUT2D eigenvalue weighted by Gasteiger charge is 2.04. The van der Waals surface area contributed by atoms with Crippen molar-refractivity contribution < 1.29 is 14.6 Å². The fourth-order valence-electron chi connectivity index (χ4n) is 1.65. The van der Waals surface area contributed by atoms with Crippen LogP contribution in [0.4, 0.5) is 0 Å². The molecule has 20 heavy (non-hydrogen) atoms. The quantitative estimate of drug-likeness (QED) is 0.813. The van der Waals surface area contributed by atoms with Gasteiger partial charge in [-0.05, 0) is 34.7 Å². The van der Waals surface area contributed by atoms with Crippen molar-refractivity contribution in [3.63, 3.8) is 0 Å². The zero-order valence-corrected chi connectivity index (χ0v) is 12.2. The number of carboxylic acid groups (broad SMARTS) is 1. The van der Waals surface area contributed by atoms with Crippen molar-refractivity contribution in [2.75, 3.05) is 0 Å². The van der Waals surface area contributed by atoms with Gasteiger partial charge in [-0.2, -0.15) is 0 Å². The lowest BCUT2D eigenvalue weighted by atomic mass is 10.2. The molecular weight excluding hydrogens is 296 g/mol. The molecule has 5 heteroatoms. The number of benzene rings is 1. The molecule has 0 spiro atoms. The number of aliphatic carboxylic acids is 1. The number of thiophene rings is 1. The minimum atomic E-state index is -0.959. The van der Waals surface area contributed by atoms with Crippen LogP contribution in [-0.2, 0) is 22.7 Å². The van der Waals surface area contributed by atoms with Crippen LogP contribution in [0, 0.1) is 0 Å². The standard InChI is InChI=1S/C15H13ClO3S/c16-13-4-2-1-3-12(13)9-19-10-14-11(7-8-20-14)5-6-15(17)18/h1-8H,9-10H2,(H,17,18). The van der Waals surface area contributed by atoms with Gasteiger partial charge in [0, 0.05) is 16.0 Å². The topological polar surface area (TPSA) is 46.5 Å². The molecule has 0 bridgehead atoms. The van der Waals surface area contributed by atoms with Crippen molar-refractivity contribution in [2.45, 2.75) is 13.2 Å². The van der Waals surface area contributed by atoms with Crippen LogP contribution in [0.25, 0.3) is 6.08 Å². The van der Waals surface area contributed by atoms with E-state index in [2.05, 4.69) is 0 Å². The highest BCUT2D eigenvalue weighted by molar-refractivity contribution is 7.10. The molecule has 0 saturated carbocycles. The molecule has 1 aromatic carbocycles. The fourth-order valence-corrected chi connectivity index (χ4v) is 2.64. The van der Waals surface area contributed by atoms with Gasteiger partial charge in [-0.25, -0.2) is 4.79 Å². The van der Waals surface area contributed by atoms with E-state index < -0.39 is 5.97 Å². The summed E-state index contributed by atoms with van der Waals surface area (Å²) in [6.07, 6.45) is 2.70. The molecule has 0 radical (unpaired) electrons. The molecule has 1 aromatic heterocycles. The van der Waals surface area contributed by atoms with Crippen molar-refractivity contribution in [3.8, 4) is 0 Å². The molecule has 104 valence electrons. The Kier molecular flexibility index (Phi) is 5.35. The van der Waals surface area contributed by atoms with Gasteiger partial charge in [0.05, 0.1) is 13.2 Å². The molecule has 1 heterocycles. The third kappa shape index (κ3) is 4.20. The second-order valence-electron chi connectivity index (χ2n) is 4.05. The highest BCUT2D eigenvalue weighted by Crippen LogP contribution is 2.21. The Morgan fingerprint density at radius 2 is 2.10 bits per heavy atom. The summed E-state index contributed by atoms with van der Waals surface area (Å²) in [4.78, 5) is 11.5. The van der Waals surface area contributed by atoms with Gasteiger partial charge in [0.1, 0.15) is 0 Å². The van der Waals surface area contributed by atoms with Crippen molar-refractivity contribution >= 4 is 35.0 Å². The van der Waals surface area contributed by atoms with Crippen LogP contribution in [0.15, 0.2) is 41.8 Å². The molecular formula is C15H13ClO3S. The van der Waals surface area contributed by atoms with Crippen molar-refractivity contribution in [2.24, 2.45) is 0 Å². The average Bonchev–Trinajstić information content (AvgIpc) is 2.86. The van der Waals surface area contributed by atoms with E-state index in [-0.39, 0.29) is 0 Å². The largest absolute Gasteiger partial charge is 0.478 e. The lowest BCUT2D eigenvalue weighted by molar-refractivity contribution is -0.131. The average molecular weight is 309 g/mol. The summed E-state index contributed by atoms with van der Waals surface area (Å²) in [7, 11) is 0. The predicted molar refractivity (Wildman–Crippen MR) is 80.9 cm³/mol. The number of ether oxygens (including phenoxy) is 1. The number of hydrogen-bond acceptors (Lipinski definition) is 3. The van der Waals surface area contributed by atoms with Crippen molar-refractivity contribution in [1.29, 1.82) is 0 Å². The Labute approximate surface area is 126 Å². The van der Waals surface area contributed by atoms with Crippen LogP contribution in [0.1, 0.15) is 16.0 Å². The Hall–Kier alpha value is -1.62. The van der Waals surface area contributed by atoms with E-state index in [1.165, 1.54) is 11.3 Å². The molecule has 0 aliphatic rings. The van der Waals surface area contributed by atoms with E-state index in [1.807, 2.05) is 35.7 Å². The van der Waals surface area contributed by atoms with Gasteiger partial charge in [-0.15, -0.1) is 11.3 Å². The smallest absolute Gasteiger partial charge is 0.328 e. The fraction of sp³-hybridized carbons (Fsp3) is 0.133. The summed E-state index contributed by atoms with van der Waals surface area (Å²) in [6, 6.07) is 9.41. The van der Waals surface area contributed by atoms with Crippen LogP contribution in [0.3, 0.4) is 0 Å². The Morgan fingerprint density at radius 3 is 2.85 bits per heavy atom. The van der Waals surface area contributed by atoms with Gasteiger partial charge in [0.2, 0.25) is 0 Å². The van der Waals surface area contributed by atoms with E-state index >= 15 is 0 Å². The minimum absolute atomic E-state index is 0.430. The second kappa shape index (κ2) is 7.24. The van der Waals surface area contributed by atoms with Gasteiger partial charge >= 0.3 is 5.97 Å². The van der Waals surface area contributed by atoms with E-state index in [0.717, 1.165) is 22.1 Å². The van der Waals surface area contributed by atoms with Crippen LogP contribution >= 0.6 is 22.9 Å². The van der Waals surface area contributed by atoms with Crippen molar-refractivity contribution in [1.82, 2.24) is 0 Å². The molecule has 0 atom stereocenters. The first kappa shape index (κ1) is 14.8. The van der Waals surface area contributed by atoms with Gasteiger partial charge in [0.25, 0.3) is 0 Å². The SMILES string of the molecule is O=C(O)C=Cc1ccsc1COCc1ccccc1Cl. The summed E-state index contributed by atoms with van der Waals surface area (Å²) in [5.74, 6) is -0.959. The van der Waals surface area contributed by atoms with E-state index in [0.29, 0.717) is 18.2 Å². The maximum Gasteiger partial charge on any atom is 0.328 e. The third-order valence-electron chi connectivity index (χ3n) is 2.63. The molecule has 0 aliphatic heterocycles. The molecule has 0 fully saturated rings. The lowest BCUT2D eigenvalue weighted by Gasteiger charge is -2.05. The zero-order chi connectivity index (χ0) is 14.4. The number of halogens is 1. The maximum atomic E-state index is 10.5. The molecule has 1 N–H and O–H groups in total. The first-order valence-corrected chi connectivity index (χ1v) is 7.21. The zero-order valence-electron chi connectivity index (χ0n) is 10.6. The molecule has 2 aromatic rings. The van der Waals surface area contributed by atoms with Gasteiger partial charge in [0.15, 0.2) is 0 Å². The van der Waals surface area contributed by atoms with Crippen LogP contribution in [0.5, 0.6) is 0 Å². The normalized spacial score (nSPS) is 11.1. The van der Waals surface area contributed by atoms with Crippen LogP contribution in [-0.4, -0.2) is 11.1 Å². The summed E-state index contributed by atoms with van der Waals surface area (Å²) in [5.41, 5.74) is 1.81. The molecule has 0 amide bonds. The number of rotatable bonds is 6. The van der Waals surface area contributed by atoms with Gasteiger partial charge < -0.3 is 9.84 Å². The Bertz CT molecular complexity index is 619. The predicted octanol–water partition coefficient (Wildman–Crippen LogP) is 4.22. The van der Waals surface area contributed by atoms with E-state index in [1.54, 1.807) is 6.08 Å². The Balaban J connectivity index is 1.93. The molecule has 0 saturated heterocycles. The maximum absolute atomic E-state index is 10.5.